The smallest absolute Gasteiger partial charge is 0.309 e. The average Bonchev–Trinajstić information content (AvgIpc) is 2.78. The van der Waals surface area contributed by atoms with Gasteiger partial charge in [0.2, 0.25) is 10.0 Å². The molecule has 0 aromatic heterocycles. The average molecular weight is 455 g/mol. The molecule has 0 aliphatic carbocycles. The van der Waals surface area contributed by atoms with Gasteiger partial charge in [-0.15, -0.1) is 0 Å². The fourth-order valence-electron chi connectivity index (χ4n) is 4.39. The number of carbonyl (C=O) groups excluding carboxylic acids is 2. The molecule has 0 spiro atoms. The first-order chi connectivity index (χ1) is 14.8. The quantitative estimate of drug-likeness (QED) is 0.617. The molecule has 2 unspecified atom stereocenters. The van der Waals surface area contributed by atoms with E-state index in [4.69, 9.17) is 4.74 Å². The number of halogens is 1. The molecule has 9 heteroatoms. The second-order valence-corrected chi connectivity index (χ2v) is 10.2. The standard InChI is InChI=1S/C22H31FN2O5S/c1-3-18-8-6-7-13-25(18)21(26)16(2)30-22(27)17-11-14-24(15-12-17)31(28,29)20-10-5-4-9-19(20)23/h4-5,9-10,16-18H,3,6-8,11-15H2,1-2H3. The van der Waals surface area contributed by atoms with E-state index in [1.165, 1.54) is 22.5 Å². The summed E-state index contributed by atoms with van der Waals surface area (Å²) in [5.41, 5.74) is 0. The van der Waals surface area contributed by atoms with E-state index in [-0.39, 0.29) is 42.8 Å². The van der Waals surface area contributed by atoms with Crippen LogP contribution in [-0.2, 0) is 24.3 Å². The van der Waals surface area contributed by atoms with E-state index in [0.717, 1.165) is 31.7 Å². The van der Waals surface area contributed by atoms with Gasteiger partial charge in [-0.3, -0.25) is 9.59 Å². The van der Waals surface area contributed by atoms with Gasteiger partial charge in [0.25, 0.3) is 5.91 Å². The highest BCUT2D eigenvalue weighted by Gasteiger charge is 2.36. The maximum absolute atomic E-state index is 14.0. The van der Waals surface area contributed by atoms with E-state index >= 15 is 0 Å². The highest BCUT2D eigenvalue weighted by molar-refractivity contribution is 7.89. The van der Waals surface area contributed by atoms with E-state index in [1.807, 2.05) is 4.90 Å². The molecule has 2 atom stereocenters. The van der Waals surface area contributed by atoms with E-state index in [1.54, 1.807) is 6.92 Å². The van der Waals surface area contributed by atoms with Crippen molar-refractivity contribution < 1.29 is 27.1 Å². The molecule has 0 saturated carbocycles. The molecule has 1 aromatic carbocycles. The molecule has 3 rings (SSSR count). The molecule has 31 heavy (non-hydrogen) atoms. The van der Waals surface area contributed by atoms with Crippen molar-refractivity contribution in [1.82, 2.24) is 9.21 Å². The molecule has 0 radical (unpaired) electrons. The molecular weight excluding hydrogens is 423 g/mol. The number of hydrogen-bond acceptors (Lipinski definition) is 5. The fraction of sp³-hybridized carbons (Fsp3) is 0.636. The maximum atomic E-state index is 14.0. The van der Waals surface area contributed by atoms with Crippen molar-refractivity contribution in [3.05, 3.63) is 30.1 Å². The third kappa shape index (κ3) is 5.26. The number of piperidine rings is 2. The molecule has 7 nitrogen and oxygen atoms in total. The van der Waals surface area contributed by atoms with E-state index < -0.39 is 33.8 Å². The first kappa shape index (κ1) is 23.7. The summed E-state index contributed by atoms with van der Waals surface area (Å²) in [6.07, 6.45) is 3.59. The van der Waals surface area contributed by atoms with Gasteiger partial charge in [-0.25, -0.2) is 12.8 Å². The fourth-order valence-corrected chi connectivity index (χ4v) is 5.93. The minimum absolute atomic E-state index is 0.1000. The minimum atomic E-state index is -3.96. The zero-order chi connectivity index (χ0) is 22.6. The zero-order valence-electron chi connectivity index (χ0n) is 18.1. The van der Waals surface area contributed by atoms with E-state index in [2.05, 4.69) is 6.92 Å². The van der Waals surface area contributed by atoms with Gasteiger partial charge in [-0.05, 0) is 57.6 Å². The number of hydrogen-bond donors (Lipinski definition) is 0. The molecule has 2 aliphatic rings. The Morgan fingerprint density at radius 2 is 1.81 bits per heavy atom. The lowest BCUT2D eigenvalue weighted by molar-refractivity contribution is -0.165. The first-order valence-corrected chi connectivity index (χ1v) is 12.4. The summed E-state index contributed by atoms with van der Waals surface area (Å²) in [5.74, 6) is -1.92. The summed E-state index contributed by atoms with van der Waals surface area (Å²) in [7, 11) is -3.96. The lowest BCUT2D eigenvalue weighted by Gasteiger charge is -2.37. The van der Waals surface area contributed by atoms with Crippen LogP contribution in [0.25, 0.3) is 0 Å². The SMILES string of the molecule is CCC1CCCCN1C(=O)C(C)OC(=O)C1CCN(S(=O)(=O)c2ccccc2F)CC1. The summed E-state index contributed by atoms with van der Waals surface area (Å²) < 4.78 is 46.0. The summed E-state index contributed by atoms with van der Waals surface area (Å²) in [6.45, 7) is 4.53. The zero-order valence-corrected chi connectivity index (χ0v) is 18.9. The summed E-state index contributed by atoms with van der Waals surface area (Å²) in [6, 6.07) is 5.45. The lowest BCUT2D eigenvalue weighted by Crippen LogP contribution is -2.49. The predicted octanol–water partition coefficient (Wildman–Crippen LogP) is 2.95. The molecule has 1 aromatic rings. The predicted molar refractivity (Wildman–Crippen MR) is 113 cm³/mol. The topological polar surface area (TPSA) is 84.0 Å². The Kier molecular flexibility index (Phi) is 7.69. The second-order valence-electron chi connectivity index (χ2n) is 8.28. The second kappa shape index (κ2) is 10.1. The van der Waals surface area contributed by atoms with Crippen molar-refractivity contribution in [3.63, 3.8) is 0 Å². The summed E-state index contributed by atoms with van der Waals surface area (Å²) in [5, 5.41) is 0. The van der Waals surface area contributed by atoms with Gasteiger partial charge >= 0.3 is 5.97 Å². The van der Waals surface area contributed by atoms with Gasteiger partial charge in [0.1, 0.15) is 10.7 Å². The van der Waals surface area contributed by atoms with Crippen LogP contribution in [0.5, 0.6) is 0 Å². The molecule has 2 saturated heterocycles. The number of sulfonamides is 1. The Bertz CT molecular complexity index is 899. The van der Waals surface area contributed by atoms with Gasteiger partial charge in [-0.1, -0.05) is 19.1 Å². The summed E-state index contributed by atoms with van der Waals surface area (Å²) >= 11 is 0. The third-order valence-corrected chi connectivity index (χ3v) is 8.20. The number of carbonyl (C=O) groups is 2. The molecular formula is C22H31FN2O5S. The molecule has 2 heterocycles. The van der Waals surface area contributed by atoms with E-state index in [0.29, 0.717) is 6.54 Å². The van der Waals surface area contributed by atoms with Crippen molar-refractivity contribution in [3.8, 4) is 0 Å². The van der Waals surface area contributed by atoms with Crippen LogP contribution < -0.4 is 0 Å². The van der Waals surface area contributed by atoms with Gasteiger partial charge < -0.3 is 9.64 Å². The van der Waals surface area contributed by atoms with Gasteiger partial charge in [0.05, 0.1) is 5.92 Å². The van der Waals surface area contributed by atoms with Crippen molar-refractivity contribution in [2.24, 2.45) is 5.92 Å². The Morgan fingerprint density at radius 1 is 1.13 bits per heavy atom. The largest absolute Gasteiger partial charge is 0.452 e. The molecule has 0 bridgehead atoms. The number of ether oxygens (including phenoxy) is 1. The van der Waals surface area contributed by atoms with Crippen molar-refractivity contribution in [1.29, 1.82) is 0 Å². The number of likely N-dealkylation sites (tertiary alicyclic amines) is 1. The maximum Gasteiger partial charge on any atom is 0.309 e. The van der Waals surface area contributed by atoms with Gasteiger partial charge in [0, 0.05) is 25.7 Å². The van der Waals surface area contributed by atoms with Crippen LogP contribution in [0.2, 0.25) is 0 Å². The van der Waals surface area contributed by atoms with Crippen LogP contribution in [0, 0.1) is 11.7 Å². The molecule has 0 N–H and O–H groups in total. The normalized spacial score (nSPS) is 22.2. The molecule has 2 aliphatic heterocycles. The number of benzene rings is 1. The van der Waals surface area contributed by atoms with Crippen molar-refractivity contribution in [2.75, 3.05) is 19.6 Å². The molecule has 1 amide bonds. The number of nitrogens with zero attached hydrogens (tertiary/aromatic N) is 2. The Balaban J connectivity index is 1.55. The van der Waals surface area contributed by atoms with Crippen LogP contribution >= 0.6 is 0 Å². The number of amides is 1. The number of esters is 1. The molecule has 172 valence electrons. The van der Waals surface area contributed by atoms with Crippen LogP contribution in [0.1, 0.15) is 52.4 Å². The Morgan fingerprint density at radius 3 is 2.45 bits per heavy atom. The van der Waals surface area contributed by atoms with Crippen molar-refractivity contribution >= 4 is 21.9 Å². The summed E-state index contributed by atoms with van der Waals surface area (Å²) in [4.78, 5) is 26.9. The van der Waals surface area contributed by atoms with Crippen LogP contribution in [-0.4, -0.2) is 61.3 Å². The monoisotopic (exact) mass is 454 g/mol. The van der Waals surface area contributed by atoms with Crippen LogP contribution in [0.15, 0.2) is 29.2 Å². The highest BCUT2D eigenvalue weighted by atomic mass is 32.2. The van der Waals surface area contributed by atoms with Gasteiger partial charge in [-0.2, -0.15) is 4.31 Å². The number of rotatable bonds is 6. The van der Waals surface area contributed by atoms with Crippen LogP contribution in [0.4, 0.5) is 4.39 Å². The Labute approximate surface area is 183 Å². The highest BCUT2D eigenvalue weighted by Crippen LogP contribution is 2.27. The minimum Gasteiger partial charge on any atom is -0.452 e. The van der Waals surface area contributed by atoms with E-state index in [9.17, 15) is 22.4 Å². The van der Waals surface area contributed by atoms with Crippen molar-refractivity contribution in [2.45, 2.75) is 69.4 Å². The molecule has 2 fully saturated rings. The van der Waals surface area contributed by atoms with Gasteiger partial charge in [0.15, 0.2) is 6.10 Å². The van der Waals surface area contributed by atoms with Crippen LogP contribution in [0.3, 0.4) is 0 Å². The first-order valence-electron chi connectivity index (χ1n) is 11.0. The Hall–Kier alpha value is -2.00. The lowest BCUT2D eigenvalue weighted by atomic mass is 9.98. The third-order valence-electron chi connectivity index (χ3n) is 6.26.